The molecule has 0 aromatic heterocycles. The van der Waals surface area contributed by atoms with Gasteiger partial charge in [-0.3, -0.25) is 0 Å². The second-order valence-electron chi connectivity index (χ2n) is 4.61. The number of hydrogen-bond donors (Lipinski definition) is 1. The van der Waals surface area contributed by atoms with Crippen LogP contribution in [0, 0.1) is 0 Å². The van der Waals surface area contributed by atoms with Gasteiger partial charge >= 0.3 is 0 Å². The molecule has 0 heterocycles. The van der Waals surface area contributed by atoms with Crippen LogP contribution in [0.15, 0.2) is 29.2 Å². The molecule has 0 aliphatic rings. The number of sulfonamides is 1. The van der Waals surface area contributed by atoms with Crippen molar-refractivity contribution in [1.29, 1.82) is 0 Å². The van der Waals surface area contributed by atoms with Crippen molar-refractivity contribution in [3.8, 4) is 0 Å². The molecule has 1 aromatic rings. The zero-order valence-electron chi connectivity index (χ0n) is 12.4. The monoisotopic (exact) mass is 300 g/mol. The lowest BCUT2D eigenvalue weighted by Gasteiger charge is -2.18. The van der Waals surface area contributed by atoms with E-state index in [1.165, 1.54) is 4.31 Å². The highest BCUT2D eigenvalue weighted by molar-refractivity contribution is 7.89. The lowest BCUT2D eigenvalue weighted by Crippen LogP contribution is -2.30. The van der Waals surface area contributed by atoms with E-state index in [0.29, 0.717) is 19.8 Å². The van der Waals surface area contributed by atoms with Crippen molar-refractivity contribution in [3.63, 3.8) is 0 Å². The third-order valence-electron chi connectivity index (χ3n) is 3.19. The first-order valence-corrected chi connectivity index (χ1v) is 8.27. The lowest BCUT2D eigenvalue weighted by molar-refractivity contribution is 0.138. The van der Waals surface area contributed by atoms with E-state index in [4.69, 9.17) is 10.5 Å². The van der Waals surface area contributed by atoms with E-state index in [1.807, 2.05) is 19.9 Å². The predicted octanol–water partition coefficient (Wildman–Crippen LogP) is 1.75. The van der Waals surface area contributed by atoms with Crippen molar-refractivity contribution >= 4 is 10.0 Å². The van der Waals surface area contributed by atoms with Crippen LogP contribution in [-0.2, 0) is 14.8 Å². The SMILES string of the molecule is CCOCCN(C)S(=O)(=O)c1cccc(C(N)CC)c1. The van der Waals surface area contributed by atoms with Gasteiger partial charge in [-0.1, -0.05) is 19.1 Å². The van der Waals surface area contributed by atoms with Gasteiger partial charge in [0.05, 0.1) is 11.5 Å². The van der Waals surface area contributed by atoms with E-state index in [9.17, 15) is 8.42 Å². The van der Waals surface area contributed by atoms with Crippen molar-refractivity contribution in [2.45, 2.75) is 31.2 Å². The van der Waals surface area contributed by atoms with Gasteiger partial charge in [0, 0.05) is 26.2 Å². The molecule has 0 amide bonds. The molecule has 0 aliphatic heterocycles. The third kappa shape index (κ3) is 4.28. The largest absolute Gasteiger partial charge is 0.380 e. The molecule has 0 saturated carbocycles. The van der Waals surface area contributed by atoms with Crippen LogP contribution in [0.5, 0.6) is 0 Å². The second-order valence-corrected chi connectivity index (χ2v) is 6.66. The molecule has 2 N–H and O–H groups in total. The summed E-state index contributed by atoms with van der Waals surface area (Å²) in [6.45, 7) is 5.15. The van der Waals surface area contributed by atoms with Gasteiger partial charge in [-0.2, -0.15) is 4.31 Å². The quantitative estimate of drug-likeness (QED) is 0.742. The molecule has 20 heavy (non-hydrogen) atoms. The van der Waals surface area contributed by atoms with E-state index in [1.54, 1.807) is 25.2 Å². The summed E-state index contributed by atoms with van der Waals surface area (Å²) in [5.74, 6) is 0. The molecule has 0 saturated heterocycles. The molecule has 0 fully saturated rings. The van der Waals surface area contributed by atoms with E-state index < -0.39 is 10.0 Å². The Morgan fingerprint density at radius 1 is 1.35 bits per heavy atom. The molecule has 6 heteroatoms. The number of benzene rings is 1. The Morgan fingerprint density at radius 2 is 2.05 bits per heavy atom. The standard InChI is InChI=1S/C14H24N2O3S/c1-4-14(15)12-7-6-8-13(11-12)20(17,18)16(3)9-10-19-5-2/h6-8,11,14H,4-5,9-10,15H2,1-3H3. The topological polar surface area (TPSA) is 72.6 Å². The Bertz CT molecular complexity index is 517. The highest BCUT2D eigenvalue weighted by Gasteiger charge is 2.21. The summed E-state index contributed by atoms with van der Waals surface area (Å²) in [7, 11) is -1.93. The number of rotatable bonds is 8. The van der Waals surface area contributed by atoms with Gasteiger partial charge in [-0.05, 0) is 31.0 Å². The average molecular weight is 300 g/mol. The summed E-state index contributed by atoms with van der Waals surface area (Å²) in [4.78, 5) is 0.276. The molecular formula is C14H24N2O3S. The van der Waals surface area contributed by atoms with Crippen molar-refractivity contribution < 1.29 is 13.2 Å². The summed E-state index contributed by atoms with van der Waals surface area (Å²) < 4.78 is 31.3. The van der Waals surface area contributed by atoms with Crippen molar-refractivity contribution in [2.24, 2.45) is 5.73 Å². The third-order valence-corrected chi connectivity index (χ3v) is 5.04. The highest BCUT2D eigenvalue weighted by Crippen LogP contribution is 2.20. The molecule has 0 spiro atoms. The Kier molecular flexibility index (Phi) is 6.61. The predicted molar refractivity (Wildman–Crippen MR) is 80.0 cm³/mol. The van der Waals surface area contributed by atoms with E-state index in [-0.39, 0.29) is 10.9 Å². The van der Waals surface area contributed by atoms with Gasteiger partial charge in [0.2, 0.25) is 10.0 Å². The molecular weight excluding hydrogens is 276 g/mol. The van der Waals surface area contributed by atoms with Crippen LogP contribution in [0.25, 0.3) is 0 Å². The van der Waals surface area contributed by atoms with Gasteiger partial charge in [-0.25, -0.2) is 8.42 Å². The van der Waals surface area contributed by atoms with Gasteiger partial charge < -0.3 is 10.5 Å². The van der Waals surface area contributed by atoms with E-state index in [0.717, 1.165) is 12.0 Å². The minimum absolute atomic E-state index is 0.140. The molecule has 0 aliphatic carbocycles. The van der Waals surface area contributed by atoms with Gasteiger partial charge in [0.25, 0.3) is 0 Å². The number of nitrogens with zero attached hydrogens (tertiary/aromatic N) is 1. The second kappa shape index (κ2) is 7.73. The fourth-order valence-electron chi connectivity index (χ4n) is 1.78. The van der Waals surface area contributed by atoms with Gasteiger partial charge in [0.15, 0.2) is 0 Å². The molecule has 1 rings (SSSR count). The smallest absolute Gasteiger partial charge is 0.242 e. The minimum atomic E-state index is -3.49. The number of ether oxygens (including phenoxy) is 1. The molecule has 1 atom stereocenters. The lowest BCUT2D eigenvalue weighted by atomic mass is 10.1. The Morgan fingerprint density at radius 3 is 2.65 bits per heavy atom. The summed E-state index contributed by atoms with van der Waals surface area (Å²) in [5.41, 5.74) is 6.79. The van der Waals surface area contributed by atoms with Crippen LogP contribution in [0.3, 0.4) is 0 Å². The Labute approximate surface area is 121 Å². The first kappa shape index (κ1) is 17.1. The number of likely N-dealkylation sites (N-methyl/N-ethyl adjacent to an activating group) is 1. The maximum atomic E-state index is 12.4. The molecule has 5 nitrogen and oxygen atoms in total. The zero-order chi connectivity index (χ0) is 15.2. The van der Waals surface area contributed by atoms with Crippen LogP contribution in [0.4, 0.5) is 0 Å². The van der Waals surface area contributed by atoms with Crippen LogP contribution < -0.4 is 5.73 Å². The van der Waals surface area contributed by atoms with Crippen LogP contribution >= 0.6 is 0 Å². The van der Waals surface area contributed by atoms with Crippen LogP contribution in [0.2, 0.25) is 0 Å². The van der Waals surface area contributed by atoms with E-state index >= 15 is 0 Å². The Hall–Kier alpha value is -0.950. The summed E-state index contributed by atoms with van der Waals surface area (Å²) in [6, 6.07) is 6.69. The number of hydrogen-bond acceptors (Lipinski definition) is 4. The molecule has 1 unspecified atom stereocenters. The summed E-state index contributed by atoms with van der Waals surface area (Å²) in [6.07, 6.45) is 0.768. The van der Waals surface area contributed by atoms with E-state index in [2.05, 4.69) is 0 Å². The normalized spacial score (nSPS) is 13.7. The van der Waals surface area contributed by atoms with Gasteiger partial charge in [-0.15, -0.1) is 0 Å². The summed E-state index contributed by atoms with van der Waals surface area (Å²) >= 11 is 0. The maximum Gasteiger partial charge on any atom is 0.242 e. The number of nitrogens with two attached hydrogens (primary N) is 1. The first-order chi connectivity index (χ1) is 9.43. The first-order valence-electron chi connectivity index (χ1n) is 6.83. The fourth-order valence-corrected chi connectivity index (χ4v) is 2.99. The minimum Gasteiger partial charge on any atom is -0.380 e. The van der Waals surface area contributed by atoms with Gasteiger partial charge in [0.1, 0.15) is 0 Å². The molecule has 114 valence electrons. The molecule has 1 aromatic carbocycles. The van der Waals surface area contributed by atoms with Crippen molar-refractivity contribution in [3.05, 3.63) is 29.8 Å². The maximum absolute atomic E-state index is 12.4. The highest BCUT2D eigenvalue weighted by atomic mass is 32.2. The van der Waals surface area contributed by atoms with Crippen LogP contribution in [-0.4, -0.2) is 39.5 Å². The zero-order valence-corrected chi connectivity index (χ0v) is 13.2. The average Bonchev–Trinajstić information content (AvgIpc) is 2.46. The van der Waals surface area contributed by atoms with Crippen molar-refractivity contribution in [2.75, 3.05) is 26.8 Å². The van der Waals surface area contributed by atoms with Crippen LogP contribution in [0.1, 0.15) is 31.9 Å². The fraction of sp³-hybridized carbons (Fsp3) is 0.571. The molecule has 0 radical (unpaired) electrons. The molecule has 0 bridgehead atoms. The summed E-state index contributed by atoms with van der Waals surface area (Å²) in [5, 5.41) is 0. The van der Waals surface area contributed by atoms with Crippen molar-refractivity contribution in [1.82, 2.24) is 4.31 Å². The Balaban J connectivity index is 2.91.